The van der Waals surface area contributed by atoms with E-state index < -0.39 is 0 Å². The van der Waals surface area contributed by atoms with Crippen LogP contribution in [0.25, 0.3) is 0 Å². The van der Waals surface area contributed by atoms with Crippen LogP contribution in [0, 0.1) is 13.8 Å². The lowest BCUT2D eigenvalue weighted by Crippen LogP contribution is -2.24. The van der Waals surface area contributed by atoms with Crippen LogP contribution in [0.4, 0.5) is 10.5 Å². The molecule has 2 N–H and O–H groups in total. The van der Waals surface area contributed by atoms with Gasteiger partial charge in [-0.15, -0.1) is 11.3 Å². The minimum absolute atomic E-state index is 0.347. The molecule has 2 rings (SSSR count). The molecule has 0 fully saturated rings. The second kappa shape index (κ2) is 6.15. The molecule has 19 heavy (non-hydrogen) atoms. The fourth-order valence-electron chi connectivity index (χ4n) is 1.62. The van der Waals surface area contributed by atoms with E-state index >= 15 is 0 Å². The molecule has 0 aliphatic rings. The number of nitrogens with zero attached hydrogens (tertiary/aromatic N) is 1. The Hall–Kier alpha value is -2.14. The first-order chi connectivity index (χ1) is 9.15. The molecule has 2 aromatic rings. The van der Waals surface area contributed by atoms with Gasteiger partial charge in [-0.1, -0.05) is 23.8 Å². The average Bonchev–Trinajstić information content (AvgIpc) is 2.86. The van der Waals surface area contributed by atoms with Gasteiger partial charge in [0.2, 0.25) is 0 Å². The van der Waals surface area contributed by atoms with Gasteiger partial charge in [-0.3, -0.25) is 0 Å². The zero-order valence-electron chi connectivity index (χ0n) is 10.8. The van der Waals surface area contributed by atoms with Gasteiger partial charge in [0.05, 0.1) is 6.21 Å². The molecule has 0 aliphatic carbocycles. The number of hydrogen-bond acceptors (Lipinski definition) is 3. The van der Waals surface area contributed by atoms with Gasteiger partial charge in [0.1, 0.15) is 0 Å². The summed E-state index contributed by atoms with van der Waals surface area (Å²) in [5.41, 5.74) is 5.42. The van der Waals surface area contributed by atoms with Crippen LogP contribution in [0.1, 0.15) is 16.0 Å². The van der Waals surface area contributed by atoms with E-state index in [1.807, 2.05) is 49.6 Å². The van der Waals surface area contributed by atoms with Crippen molar-refractivity contribution in [2.24, 2.45) is 5.10 Å². The predicted molar refractivity (Wildman–Crippen MR) is 80.0 cm³/mol. The lowest BCUT2D eigenvalue weighted by atomic mass is 10.1. The van der Waals surface area contributed by atoms with Gasteiger partial charge in [0.25, 0.3) is 0 Å². The number of amides is 2. The van der Waals surface area contributed by atoms with Crippen molar-refractivity contribution in [3.63, 3.8) is 0 Å². The number of urea groups is 1. The topological polar surface area (TPSA) is 53.5 Å². The number of carbonyl (C=O) groups excluding carboxylic acids is 1. The largest absolute Gasteiger partial charge is 0.339 e. The Morgan fingerprint density at radius 3 is 2.84 bits per heavy atom. The zero-order chi connectivity index (χ0) is 13.7. The molecule has 1 heterocycles. The molecular formula is C14H15N3OS. The van der Waals surface area contributed by atoms with Crippen LogP contribution < -0.4 is 10.7 Å². The fourth-order valence-corrected chi connectivity index (χ4v) is 2.21. The van der Waals surface area contributed by atoms with E-state index in [1.165, 1.54) is 5.56 Å². The fraction of sp³-hybridized carbons (Fsp3) is 0.143. The summed E-state index contributed by atoms with van der Waals surface area (Å²) in [5.74, 6) is 0. The maximum atomic E-state index is 11.6. The maximum absolute atomic E-state index is 11.6. The number of aryl methyl sites for hydroxylation is 2. The first kappa shape index (κ1) is 13.3. The number of nitrogens with one attached hydrogen (secondary N) is 2. The number of benzene rings is 1. The first-order valence-electron chi connectivity index (χ1n) is 5.86. The highest BCUT2D eigenvalue weighted by Gasteiger charge is 2.02. The number of rotatable bonds is 3. The van der Waals surface area contributed by atoms with Gasteiger partial charge in [-0.25, -0.2) is 10.2 Å². The maximum Gasteiger partial charge on any atom is 0.339 e. The van der Waals surface area contributed by atoms with Crippen molar-refractivity contribution in [3.05, 3.63) is 51.7 Å². The van der Waals surface area contributed by atoms with E-state index in [2.05, 4.69) is 15.8 Å². The van der Waals surface area contributed by atoms with Crippen molar-refractivity contribution in [3.8, 4) is 0 Å². The molecule has 0 spiro atoms. The van der Waals surface area contributed by atoms with E-state index in [9.17, 15) is 4.79 Å². The van der Waals surface area contributed by atoms with Crippen molar-refractivity contribution in [2.45, 2.75) is 13.8 Å². The molecule has 1 aromatic heterocycles. The van der Waals surface area contributed by atoms with Crippen LogP contribution in [0.3, 0.4) is 0 Å². The molecule has 1 aromatic carbocycles. The normalized spacial score (nSPS) is 10.6. The zero-order valence-corrected chi connectivity index (χ0v) is 11.6. The summed E-state index contributed by atoms with van der Waals surface area (Å²) in [4.78, 5) is 12.6. The van der Waals surface area contributed by atoms with Gasteiger partial charge in [-0.2, -0.15) is 5.10 Å². The minimum atomic E-state index is -0.347. The SMILES string of the molecule is Cc1ccc(NC(=O)N/N=C/c2cccs2)c(C)c1. The second-order valence-corrected chi connectivity index (χ2v) is 5.14. The Morgan fingerprint density at radius 2 is 2.16 bits per heavy atom. The molecule has 0 bridgehead atoms. The van der Waals surface area contributed by atoms with Crippen molar-refractivity contribution >= 4 is 29.3 Å². The molecule has 4 nitrogen and oxygen atoms in total. The summed E-state index contributed by atoms with van der Waals surface area (Å²) in [6, 6.07) is 9.37. The lowest BCUT2D eigenvalue weighted by molar-refractivity contribution is 0.252. The van der Waals surface area contributed by atoms with Crippen LogP contribution in [-0.2, 0) is 0 Å². The second-order valence-electron chi connectivity index (χ2n) is 4.16. The molecule has 5 heteroatoms. The minimum Gasteiger partial charge on any atom is -0.306 e. The molecule has 0 saturated carbocycles. The summed E-state index contributed by atoms with van der Waals surface area (Å²) < 4.78 is 0. The summed E-state index contributed by atoms with van der Waals surface area (Å²) in [6.07, 6.45) is 1.62. The lowest BCUT2D eigenvalue weighted by Gasteiger charge is -2.08. The monoisotopic (exact) mass is 273 g/mol. The smallest absolute Gasteiger partial charge is 0.306 e. The van der Waals surface area contributed by atoms with Crippen LogP contribution in [-0.4, -0.2) is 12.2 Å². The van der Waals surface area contributed by atoms with Crippen LogP contribution >= 0.6 is 11.3 Å². The Labute approximate surface area is 116 Å². The highest BCUT2D eigenvalue weighted by atomic mass is 32.1. The first-order valence-corrected chi connectivity index (χ1v) is 6.74. The Balaban J connectivity index is 1.91. The number of anilines is 1. The van der Waals surface area contributed by atoms with Gasteiger partial charge in [-0.05, 0) is 36.9 Å². The summed E-state index contributed by atoms with van der Waals surface area (Å²) >= 11 is 1.56. The molecule has 2 amide bonds. The third kappa shape index (κ3) is 3.93. The van der Waals surface area contributed by atoms with E-state index in [0.29, 0.717) is 0 Å². The summed E-state index contributed by atoms with van der Waals surface area (Å²) in [7, 11) is 0. The van der Waals surface area contributed by atoms with Crippen molar-refractivity contribution in [1.29, 1.82) is 0 Å². The Morgan fingerprint density at radius 1 is 1.32 bits per heavy atom. The third-order valence-corrected chi connectivity index (χ3v) is 3.34. The van der Waals surface area contributed by atoms with Gasteiger partial charge < -0.3 is 5.32 Å². The van der Waals surface area contributed by atoms with Gasteiger partial charge in [0.15, 0.2) is 0 Å². The molecule has 0 radical (unpaired) electrons. The van der Waals surface area contributed by atoms with Crippen LogP contribution in [0.5, 0.6) is 0 Å². The van der Waals surface area contributed by atoms with Crippen molar-refractivity contribution in [1.82, 2.24) is 5.43 Å². The van der Waals surface area contributed by atoms with Gasteiger partial charge >= 0.3 is 6.03 Å². The van der Waals surface area contributed by atoms with Crippen LogP contribution in [0.15, 0.2) is 40.8 Å². The molecule has 0 saturated heterocycles. The van der Waals surface area contributed by atoms with E-state index in [0.717, 1.165) is 16.1 Å². The van der Waals surface area contributed by atoms with E-state index in [4.69, 9.17) is 0 Å². The quantitative estimate of drug-likeness (QED) is 0.652. The number of thiophene rings is 1. The molecule has 0 unspecified atom stereocenters. The Bertz CT molecular complexity index is 591. The van der Waals surface area contributed by atoms with Gasteiger partial charge in [0, 0.05) is 10.6 Å². The molecule has 98 valence electrons. The number of hydrogen-bond donors (Lipinski definition) is 2. The highest BCUT2D eigenvalue weighted by Crippen LogP contribution is 2.15. The van der Waals surface area contributed by atoms with Crippen molar-refractivity contribution < 1.29 is 4.79 Å². The third-order valence-electron chi connectivity index (χ3n) is 2.53. The average molecular weight is 273 g/mol. The van der Waals surface area contributed by atoms with Crippen LogP contribution in [0.2, 0.25) is 0 Å². The molecule has 0 atom stereocenters. The van der Waals surface area contributed by atoms with E-state index in [1.54, 1.807) is 17.6 Å². The summed E-state index contributed by atoms with van der Waals surface area (Å²) in [5, 5.41) is 8.59. The molecular weight excluding hydrogens is 258 g/mol. The Kier molecular flexibility index (Phi) is 4.30. The molecule has 0 aliphatic heterocycles. The number of hydrazone groups is 1. The standard InChI is InChI=1S/C14H15N3OS/c1-10-5-6-13(11(2)8-10)16-14(18)17-15-9-12-4-3-7-19-12/h3-9H,1-2H3,(H2,16,17,18)/b15-9+. The predicted octanol–water partition coefficient (Wildman–Crippen LogP) is 3.52. The van der Waals surface area contributed by atoms with Crippen molar-refractivity contribution in [2.75, 3.05) is 5.32 Å². The van der Waals surface area contributed by atoms with E-state index in [-0.39, 0.29) is 6.03 Å². The summed E-state index contributed by atoms with van der Waals surface area (Å²) in [6.45, 7) is 3.97. The highest BCUT2D eigenvalue weighted by molar-refractivity contribution is 7.11. The number of carbonyl (C=O) groups is 1.